The van der Waals surface area contributed by atoms with Crippen LogP contribution in [0, 0.1) is 0 Å². The van der Waals surface area contributed by atoms with E-state index in [1.807, 2.05) is 18.3 Å². The van der Waals surface area contributed by atoms with Crippen LogP contribution in [0.2, 0.25) is 18.1 Å². The highest BCUT2D eigenvalue weighted by Crippen LogP contribution is 2.36. The molecule has 1 aromatic carbocycles. The lowest BCUT2D eigenvalue weighted by molar-refractivity contribution is 0.176. The first-order valence-corrected chi connectivity index (χ1v) is 18.0. The van der Waals surface area contributed by atoms with E-state index in [1.54, 1.807) is 0 Å². The molecular weight excluding hydrogens is 502 g/mol. The maximum atomic E-state index is 6.36. The molecule has 8 heteroatoms. The lowest BCUT2D eigenvalue weighted by Gasteiger charge is -2.36. The summed E-state index contributed by atoms with van der Waals surface area (Å²) in [7, 11) is -1.70. The molecule has 1 fully saturated rings. The van der Waals surface area contributed by atoms with Gasteiger partial charge < -0.3 is 19.0 Å². The minimum atomic E-state index is -1.70. The number of benzene rings is 1. The van der Waals surface area contributed by atoms with E-state index in [9.17, 15) is 0 Å². The Morgan fingerprint density at radius 1 is 0.974 bits per heavy atom. The first-order valence-electron chi connectivity index (χ1n) is 15.1. The quantitative estimate of drug-likeness (QED) is 0.278. The van der Waals surface area contributed by atoms with Crippen molar-refractivity contribution in [2.75, 3.05) is 70.5 Å². The van der Waals surface area contributed by atoms with Gasteiger partial charge in [-0.25, -0.2) is 9.97 Å². The smallest absolute Gasteiger partial charge is 0.192 e. The van der Waals surface area contributed by atoms with Crippen LogP contribution >= 0.6 is 0 Å². The molecule has 2 aromatic rings. The van der Waals surface area contributed by atoms with Gasteiger partial charge in [0.25, 0.3) is 0 Å². The molecule has 2 aliphatic heterocycles. The third kappa shape index (κ3) is 8.25. The zero-order valence-electron chi connectivity index (χ0n) is 25.3. The molecule has 1 aromatic heterocycles. The molecule has 0 aliphatic carbocycles. The molecule has 3 heterocycles. The summed E-state index contributed by atoms with van der Waals surface area (Å²) in [4.78, 5) is 17.1. The third-order valence-electron chi connectivity index (χ3n) is 8.81. The van der Waals surface area contributed by atoms with Gasteiger partial charge >= 0.3 is 0 Å². The van der Waals surface area contributed by atoms with Gasteiger partial charge in [-0.2, -0.15) is 0 Å². The number of ether oxygens (including phenoxy) is 1. The van der Waals surface area contributed by atoms with E-state index in [4.69, 9.17) is 14.1 Å². The Hall–Kier alpha value is -2.00. The first-order chi connectivity index (χ1) is 18.7. The van der Waals surface area contributed by atoms with E-state index in [0.717, 1.165) is 68.7 Å². The molecule has 4 rings (SSSR count). The molecule has 7 nitrogen and oxygen atoms in total. The minimum Gasteiger partial charge on any atom is -0.492 e. The summed E-state index contributed by atoms with van der Waals surface area (Å²) in [6.45, 7) is 23.8. The summed E-state index contributed by atoms with van der Waals surface area (Å²) < 4.78 is 12.4. The Kier molecular flexibility index (Phi) is 10.4. The van der Waals surface area contributed by atoms with Crippen LogP contribution in [-0.4, -0.2) is 93.7 Å². The highest BCUT2D eigenvalue weighted by Gasteiger charge is 2.37. The van der Waals surface area contributed by atoms with Crippen molar-refractivity contribution in [2.24, 2.45) is 0 Å². The number of hydrogen-bond donors (Lipinski definition) is 0. The summed E-state index contributed by atoms with van der Waals surface area (Å²) in [5.74, 6) is 2.81. The Morgan fingerprint density at radius 2 is 1.69 bits per heavy atom. The van der Waals surface area contributed by atoms with Crippen LogP contribution in [-0.2, 0) is 10.8 Å². The van der Waals surface area contributed by atoms with Crippen LogP contribution in [0.3, 0.4) is 0 Å². The fraction of sp³-hybridized carbons (Fsp3) is 0.677. The molecule has 0 unspecified atom stereocenters. The maximum absolute atomic E-state index is 6.36. The van der Waals surface area contributed by atoms with E-state index in [1.165, 1.54) is 44.5 Å². The van der Waals surface area contributed by atoms with Gasteiger partial charge in [0.1, 0.15) is 18.2 Å². The standard InChI is InChI=1S/C31H51N5O2Si/c1-7-34(22-24-38-39(5,6)31(2,3)4)21-23-37-28-13-11-26(12-14-28)29-32-25-27-15-20-36(30(27)33-29)19-10-18-35-16-8-9-17-35/h11-14,25H,7-10,15-24H2,1-6H3. The van der Waals surface area contributed by atoms with Crippen molar-refractivity contribution in [1.82, 2.24) is 19.8 Å². The highest BCUT2D eigenvalue weighted by atomic mass is 28.4. The van der Waals surface area contributed by atoms with Crippen LogP contribution in [0.25, 0.3) is 11.4 Å². The van der Waals surface area contributed by atoms with Gasteiger partial charge in [-0.3, -0.25) is 4.90 Å². The summed E-state index contributed by atoms with van der Waals surface area (Å²) in [6, 6.07) is 8.23. The Morgan fingerprint density at radius 3 is 2.38 bits per heavy atom. The number of likely N-dealkylation sites (tertiary alicyclic amines) is 1. The molecule has 216 valence electrons. The van der Waals surface area contributed by atoms with Crippen molar-refractivity contribution in [3.8, 4) is 17.1 Å². The van der Waals surface area contributed by atoms with Crippen molar-refractivity contribution < 1.29 is 9.16 Å². The molecule has 0 amide bonds. The molecule has 1 saturated heterocycles. The molecule has 0 N–H and O–H groups in total. The van der Waals surface area contributed by atoms with E-state index in [0.29, 0.717) is 6.61 Å². The number of hydrogen-bond acceptors (Lipinski definition) is 7. The molecule has 39 heavy (non-hydrogen) atoms. The van der Waals surface area contributed by atoms with E-state index < -0.39 is 8.32 Å². The van der Waals surface area contributed by atoms with Crippen molar-refractivity contribution in [3.63, 3.8) is 0 Å². The molecule has 0 spiro atoms. The maximum Gasteiger partial charge on any atom is 0.192 e. The monoisotopic (exact) mass is 553 g/mol. The second-order valence-electron chi connectivity index (χ2n) is 12.6. The lowest BCUT2D eigenvalue weighted by Crippen LogP contribution is -2.43. The molecular formula is C31H51N5O2Si. The lowest BCUT2D eigenvalue weighted by atomic mass is 10.2. The fourth-order valence-corrected chi connectivity index (χ4v) is 6.16. The number of rotatable bonds is 14. The Labute approximate surface area is 238 Å². The van der Waals surface area contributed by atoms with Gasteiger partial charge in [-0.15, -0.1) is 0 Å². The number of likely N-dealkylation sites (N-methyl/N-ethyl adjacent to an activating group) is 1. The molecule has 0 radical (unpaired) electrons. The number of aromatic nitrogens is 2. The summed E-state index contributed by atoms with van der Waals surface area (Å²) in [5.41, 5.74) is 2.31. The second-order valence-corrected chi connectivity index (χ2v) is 17.4. The average Bonchev–Trinajstić information content (AvgIpc) is 3.57. The van der Waals surface area contributed by atoms with Crippen LogP contribution in [0.5, 0.6) is 5.75 Å². The van der Waals surface area contributed by atoms with Gasteiger partial charge in [-0.1, -0.05) is 27.7 Å². The van der Waals surface area contributed by atoms with Gasteiger partial charge in [-0.05, 0) is 94.3 Å². The number of nitrogens with zero attached hydrogens (tertiary/aromatic N) is 5. The molecule has 0 atom stereocenters. The second kappa shape index (κ2) is 13.6. The fourth-order valence-electron chi connectivity index (χ4n) is 5.12. The van der Waals surface area contributed by atoms with E-state index in [-0.39, 0.29) is 5.04 Å². The minimum absolute atomic E-state index is 0.247. The normalized spacial score (nSPS) is 16.3. The van der Waals surface area contributed by atoms with Crippen molar-refractivity contribution in [2.45, 2.75) is 71.5 Å². The first kappa shape index (κ1) is 30.0. The predicted molar refractivity (Wildman–Crippen MR) is 164 cm³/mol. The van der Waals surface area contributed by atoms with Crippen LogP contribution in [0.1, 0.15) is 52.5 Å². The Balaban J connectivity index is 1.23. The van der Waals surface area contributed by atoms with E-state index in [2.05, 4.69) is 72.6 Å². The largest absolute Gasteiger partial charge is 0.492 e. The Bertz CT molecular complexity index is 1030. The van der Waals surface area contributed by atoms with Crippen molar-refractivity contribution in [1.29, 1.82) is 0 Å². The molecule has 0 saturated carbocycles. The average molecular weight is 554 g/mol. The zero-order valence-corrected chi connectivity index (χ0v) is 26.3. The van der Waals surface area contributed by atoms with Crippen molar-refractivity contribution >= 4 is 14.1 Å². The van der Waals surface area contributed by atoms with Gasteiger partial charge in [0, 0.05) is 50.1 Å². The highest BCUT2D eigenvalue weighted by molar-refractivity contribution is 6.74. The summed E-state index contributed by atoms with van der Waals surface area (Å²) in [6.07, 6.45) is 6.98. The molecule has 2 aliphatic rings. The summed E-state index contributed by atoms with van der Waals surface area (Å²) >= 11 is 0. The predicted octanol–water partition coefficient (Wildman–Crippen LogP) is 5.71. The molecule has 0 bridgehead atoms. The topological polar surface area (TPSA) is 54.0 Å². The summed E-state index contributed by atoms with van der Waals surface area (Å²) in [5, 5.41) is 0.247. The zero-order chi connectivity index (χ0) is 27.9. The number of anilines is 1. The van der Waals surface area contributed by atoms with E-state index >= 15 is 0 Å². The third-order valence-corrected chi connectivity index (χ3v) is 13.3. The van der Waals surface area contributed by atoms with Gasteiger partial charge in [0.2, 0.25) is 0 Å². The van der Waals surface area contributed by atoms with Crippen LogP contribution in [0.15, 0.2) is 30.5 Å². The van der Waals surface area contributed by atoms with Crippen molar-refractivity contribution in [3.05, 3.63) is 36.0 Å². The van der Waals surface area contributed by atoms with Gasteiger partial charge in [0.15, 0.2) is 14.1 Å². The van der Waals surface area contributed by atoms with Crippen LogP contribution < -0.4 is 9.64 Å². The van der Waals surface area contributed by atoms with Crippen LogP contribution in [0.4, 0.5) is 5.82 Å². The SMILES string of the molecule is CCN(CCOc1ccc(-c2ncc3c(n2)N(CCCN2CCCC2)CC3)cc1)CCO[Si](C)(C)C(C)(C)C. The van der Waals surface area contributed by atoms with Gasteiger partial charge in [0.05, 0.1) is 0 Å². The number of fused-ring (bicyclic) bond motifs is 1.